The second-order valence-electron chi connectivity index (χ2n) is 6.12. The quantitative estimate of drug-likeness (QED) is 0.415. The predicted molar refractivity (Wildman–Crippen MR) is 92.2 cm³/mol. The van der Waals surface area contributed by atoms with Gasteiger partial charge in [0.25, 0.3) is 0 Å². The van der Waals surface area contributed by atoms with E-state index in [0.717, 1.165) is 11.1 Å². The number of hydrogen-bond donors (Lipinski definition) is 0. The Balaban J connectivity index is 2.02. The Morgan fingerprint density at radius 2 is 1.58 bits per heavy atom. The van der Waals surface area contributed by atoms with Gasteiger partial charge in [0.1, 0.15) is 12.9 Å². The number of ether oxygens (including phenoxy) is 3. The highest BCUT2D eigenvalue weighted by molar-refractivity contribution is 5.76. The van der Waals surface area contributed by atoms with Crippen molar-refractivity contribution >= 4 is 5.97 Å². The molecule has 0 fully saturated rings. The highest BCUT2D eigenvalue weighted by atomic mass is 16.7. The van der Waals surface area contributed by atoms with Gasteiger partial charge in [-0.05, 0) is 25.0 Å². The smallest absolute Gasteiger partial charge is 0.314 e. The molecule has 24 heavy (non-hydrogen) atoms. The summed E-state index contributed by atoms with van der Waals surface area (Å²) in [6, 6.07) is 19.5. The van der Waals surface area contributed by atoms with E-state index in [2.05, 4.69) is 0 Å². The Morgan fingerprint density at radius 3 is 2.17 bits per heavy atom. The topological polar surface area (TPSA) is 44.8 Å². The van der Waals surface area contributed by atoms with E-state index in [1.165, 1.54) is 7.11 Å². The second kappa shape index (κ2) is 8.62. The Morgan fingerprint density at radius 1 is 1.00 bits per heavy atom. The van der Waals surface area contributed by atoms with E-state index < -0.39 is 11.5 Å². The minimum absolute atomic E-state index is 0.0921. The third kappa shape index (κ3) is 4.66. The van der Waals surface area contributed by atoms with Crippen molar-refractivity contribution < 1.29 is 19.0 Å². The summed E-state index contributed by atoms with van der Waals surface area (Å²) in [4.78, 5) is 12.2. The van der Waals surface area contributed by atoms with Crippen LogP contribution in [0.25, 0.3) is 0 Å². The molecule has 0 aromatic heterocycles. The molecule has 0 heterocycles. The predicted octanol–water partition coefficient (Wildman–Crippen LogP) is 4.12. The van der Waals surface area contributed by atoms with E-state index >= 15 is 0 Å². The lowest BCUT2D eigenvalue weighted by Gasteiger charge is -2.31. The Bertz CT molecular complexity index is 623. The molecule has 0 radical (unpaired) electrons. The summed E-state index contributed by atoms with van der Waals surface area (Å²) in [7, 11) is 1.39. The fraction of sp³-hybridized carbons (Fsp3) is 0.350. The number of carbonyl (C=O) groups excluding carboxylic acids is 1. The van der Waals surface area contributed by atoms with Gasteiger partial charge in [0, 0.05) is 0 Å². The monoisotopic (exact) mass is 328 g/mol. The van der Waals surface area contributed by atoms with Crippen LogP contribution in [0.2, 0.25) is 0 Å². The zero-order chi connectivity index (χ0) is 17.4. The molecule has 0 bridgehead atoms. The van der Waals surface area contributed by atoms with Crippen LogP contribution in [0.1, 0.15) is 31.1 Å². The fourth-order valence-corrected chi connectivity index (χ4v) is 2.57. The van der Waals surface area contributed by atoms with Crippen molar-refractivity contribution in [3.05, 3.63) is 71.8 Å². The number of esters is 1. The highest BCUT2D eigenvalue weighted by Gasteiger charge is 2.39. The average Bonchev–Trinajstić information content (AvgIpc) is 2.62. The molecule has 0 aliphatic carbocycles. The minimum atomic E-state index is -0.827. The summed E-state index contributed by atoms with van der Waals surface area (Å²) < 4.78 is 16.5. The van der Waals surface area contributed by atoms with Gasteiger partial charge in [-0.2, -0.15) is 0 Å². The van der Waals surface area contributed by atoms with Crippen LogP contribution in [0.4, 0.5) is 0 Å². The SMILES string of the molecule is COC(=O)C(C)(C)C(OCOCc1ccccc1)c1ccccc1. The van der Waals surface area contributed by atoms with Crippen LogP contribution in [0.5, 0.6) is 0 Å². The van der Waals surface area contributed by atoms with Gasteiger partial charge in [0.2, 0.25) is 0 Å². The maximum atomic E-state index is 12.2. The third-order valence-corrected chi connectivity index (χ3v) is 3.90. The molecule has 2 rings (SSSR count). The van der Waals surface area contributed by atoms with Gasteiger partial charge in [-0.3, -0.25) is 4.79 Å². The van der Waals surface area contributed by atoms with E-state index in [0.29, 0.717) is 6.61 Å². The molecule has 0 saturated carbocycles. The van der Waals surface area contributed by atoms with Crippen LogP contribution >= 0.6 is 0 Å². The van der Waals surface area contributed by atoms with Gasteiger partial charge in [0.05, 0.1) is 19.1 Å². The summed E-state index contributed by atoms with van der Waals surface area (Å²) in [5.74, 6) is -0.320. The maximum absolute atomic E-state index is 12.2. The second-order valence-corrected chi connectivity index (χ2v) is 6.12. The van der Waals surface area contributed by atoms with Crippen molar-refractivity contribution in [3.63, 3.8) is 0 Å². The lowest BCUT2D eigenvalue weighted by Crippen LogP contribution is -2.34. The summed E-state index contributed by atoms with van der Waals surface area (Å²) in [6.07, 6.45) is -0.457. The number of hydrogen-bond acceptors (Lipinski definition) is 4. The first kappa shape index (κ1) is 18.2. The van der Waals surface area contributed by atoms with Gasteiger partial charge >= 0.3 is 5.97 Å². The molecule has 0 spiro atoms. The van der Waals surface area contributed by atoms with E-state index in [1.54, 1.807) is 0 Å². The van der Waals surface area contributed by atoms with Crippen LogP contribution in [0.15, 0.2) is 60.7 Å². The van der Waals surface area contributed by atoms with Crippen LogP contribution in [0, 0.1) is 5.41 Å². The molecule has 1 atom stereocenters. The minimum Gasteiger partial charge on any atom is -0.469 e. The largest absolute Gasteiger partial charge is 0.469 e. The van der Waals surface area contributed by atoms with Gasteiger partial charge in [0.15, 0.2) is 0 Å². The normalized spacial score (nSPS) is 12.6. The average molecular weight is 328 g/mol. The van der Waals surface area contributed by atoms with E-state index in [1.807, 2.05) is 74.5 Å². The first-order valence-electron chi connectivity index (χ1n) is 7.92. The van der Waals surface area contributed by atoms with Gasteiger partial charge in [-0.1, -0.05) is 60.7 Å². The van der Waals surface area contributed by atoms with Gasteiger partial charge in [-0.15, -0.1) is 0 Å². The van der Waals surface area contributed by atoms with E-state index in [4.69, 9.17) is 14.2 Å². The zero-order valence-corrected chi connectivity index (χ0v) is 14.4. The van der Waals surface area contributed by atoms with E-state index in [-0.39, 0.29) is 12.8 Å². The summed E-state index contributed by atoms with van der Waals surface area (Å²) in [5.41, 5.74) is 1.16. The van der Waals surface area contributed by atoms with Crippen molar-refractivity contribution in [1.29, 1.82) is 0 Å². The highest BCUT2D eigenvalue weighted by Crippen LogP contribution is 2.37. The molecule has 4 nitrogen and oxygen atoms in total. The number of carbonyl (C=O) groups is 1. The number of methoxy groups -OCH3 is 1. The maximum Gasteiger partial charge on any atom is 0.314 e. The van der Waals surface area contributed by atoms with Crippen molar-refractivity contribution in [2.75, 3.05) is 13.9 Å². The van der Waals surface area contributed by atoms with Crippen LogP contribution in [-0.2, 0) is 25.6 Å². The van der Waals surface area contributed by atoms with Gasteiger partial charge in [-0.25, -0.2) is 0 Å². The summed E-state index contributed by atoms with van der Waals surface area (Å²) >= 11 is 0. The molecular formula is C20H24O4. The molecule has 0 amide bonds. The van der Waals surface area contributed by atoms with Gasteiger partial charge < -0.3 is 14.2 Å². The number of benzene rings is 2. The Labute approximate surface area is 143 Å². The van der Waals surface area contributed by atoms with Crippen LogP contribution in [0.3, 0.4) is 0 Å². The first-order valence-corrected chi connectivity index (χ1v) is 7.92. The van der Waals surface area contributed by atoms with E-state index in [9.17, 15) is 4.79 Å². The molecule has 2 aromatic rings. The van der Waals surface area contributed by atoms with Crippen molar-refractivity contribution in [2.24, 2.45) is 5.41 Å². The lowest BCUT2D eigenvalue weighted by atomic mass is 9.82. The third-order valence-electron chi connectivity index (χ3n) is 3.90. The molecule has 128 valence electrons. The molecule has 0 N–H and O–H groups in total. The molecule has 2 aromatic carbocycles. The molecular weight excluding hydrogens is 304 g/mol. The summed E-state index contributed by atoms with van der Waals surface area (Å²) in [6.45, 7) is 4.18. The fourth-order valence-electron chi connectivity index (χ4n) is 2.57. The molecule has 4 heteroatoms. The number of rotatable bonds is 8. The van der Waals surface area contributed by atoms with Crippen LogP contribution in [-0.4, -0.2) is 19.9 Å². The van der Waals surface area contributed by atoms with Crippen molar-refractivity contribution in [1.82, 2.24) is 0 Å². The van der Waals surface area contributed by atoms with Crippen molar-refractivity contribution in [2.45, 2.75) is 26.6 Å². The lowest BCUT2D eigenvalue weighted by molar-refractivity contribution is -0.172. The first-order chi connectivity index (χ1) is 11.6. The molecule has 1 unspecified atom stereocenters. The van der Waals surface area contributed by atoms with Crippen molar-refractivity contribution in [3.8, 4) is 0 Å². The zero-order valence-electron chi connectivity index (χ0n) is 14.4. The molecule has 0 aliphatic rings. The molecule has 0 aliphatic heterocycles. The standard InChI is InChI=1S/C20H24O4/c1-20(2,19(21)22-3)18(17-12-8-5-9-13-17)24-15-23-14-16-10-6-4-7-11-16/h4-13,18H,14-15H2,1-3H3. The Hall–Kier alpha value is -2.17. The molecule has 0 saturated heterocycles. The summed E-state index contributed by atoms with van der Waals surface area (Å²) in [5, 5.41) is 0. The Kier molecular flexibility index (Phi) is 6.53. The van der Waals surface area contributed by atoms with Crippen LogP contribution < -0.4 is 0 Å².